The Balaban J connectivity index is 1.49. The summed E-state index contributed by atoms with van der Waals surface area (Å²) in [5.74, 6) is 1.56. The zero-order chi connectivity index (χ0) is 16.5. The summed E-state index contributed by atoms with van der Waals surface area (Å²) >= 11 is 1.43. The first-order valence-corrected chi connectivity index (χ1v) is 8.93. The first kappa shape index (κ1) is 15.4. The molecule has 7 heteroatoms. The third kappa shape index (κ3) is 2.85. The molecule has 4 rings (SSSR count). The zero-order valence-electron chi connectivity index (χ0n) is 13.5. The van der Waals surface area contributed by atoms with Crippen molar-refractivity contribution in [2.75, 3.05) is 39.5 Å². The van der Waals surface area contributed by atoms with E-state index in [0.717, 1.165) is 54.8 Å². The molecule has 0 atom stereocenters. The maximum absolute atomic E-state index is 12.7. The van der Waals surface area contributed by atoms with Crippen molar-refractivity contribution in [2.45, 2.75) is 6.92 Å². The molecule has 1 amide bonds. The van der Waals surface area contributed by atoms with Crippen LogP contribution < -0.4 is 9.47 Å². The van der Waals surface area contributed by atoms with Gasteiger partial charge in [0.15, 0.2) is 11.5 Å². The predicted molar refractivity (Wildman–Crippen MR) is 91.7 cm³/mol. The van der Waals surface area contributed by atoms with Crippen molar-refractivity contribution in [3.05, 3.63) is 29.3 Å². The average molecular weight is 345 g/mol. The van der Waals surface area contributed by atoms with Crippen LogP contribution in [0.25, 0.3) is 10.6 Å². The lowest BCUT2D eigenvalue weighted by atomic mass is 10.2. The van der Waals surface area contributed by atoms with Gasteiger partial charge in [-0.25, -0.2) is 4.98 Å². The van der Waals surface area contributed by atoms with Gasteiger partial charge in [-0.15, -0.1) is 11.3 Å². The van der Waals surface area contributed by atoms with Gasteiger partial charge in [-0.3, -0.25) is 4.79 Å². The predicted octanol–water partition coefficient (Wildman–Crippen LogP) is 2.32. The van der Waals surface area contributed by atoms with Gasteiger partial charge in [0.1, 0.15) is 9.88 Å². The highest BCUT2D eigenvalue weighted by Crippen LogP contribution is 2.37. The molecule has 2 aliphatic heterocycles. The van der Waals surface area contributed by atoms with Crippen LogP contribution in [-0.2, 0) is 0 Å². The second kappa shape index (κ2) is 6.41. The highest BCUT2D eigenvalue weighted by molar-refractivity contribution is 7.16. The van der Waals surface area contributed by atoms with E-state index in [4.69, 9.17) is 9.47 Å². The molecule has 0 N–H and O–H groups in total. The molecule has 6 nitrogen and oxygen atoms in total. The summed E-state index contributed by atoms with van der Waals surface area (Å²) in [5.41, 5.74) is 0.944. The van der Waals surface area contributed by atoms with Gasteiger partial charge in [0.2, 0.25) is 6.79 Å². The number of carbonyl (C=O) groups excluding carboxylic acids is 1. The maximum Gasteiger partial charge on any atom is 0.265 e. The topological polar surface area (TPSA) is 54.9 Å². The Morgan fingerprint density at radius 2 is 2.00 bits per heavy atom. The van der Waals surface area contributed by atoms with Crippen LogP contribution in [0.5, 0.6) is 11.5 Å². The number of fused-ring (bicyclic) bond motifs is 1. The number of thiazole rings is 1. The Morgan fingerprint density at radius 3 is 2.79 bits per heavy atom. The summed E-state index contributed by atoms with van der Waals surface area (Å²) in [4.78, 5) is 22.0. The molecule has 0 unspecified atom stereocenters. The first-order valence-electron chi connectivity index (χ1n) is 8.12. The van der Waals surface area contributed by atoms with Crippen LogP contribution in [0.3, 0.4) is 0 Å². The van der Waals surface area contributed by atoms with E-state index in [0.29, 0.717) is 4.88 Å². The Labute approximate surface area is 144 Å². The highest BCUT2D eigenvalue weighted by Gasteiger charge is 2.23. The molecule has 3 heterocycles. The number of carbonyl (C=O) groups is 1. The first-order chi connectivity index (χ1) is 11.7. The number of amides is 1. The standard InChI is InChI=1S/C17H19N3O3S/c1-2-19-5-7-20(8-6-19)17(21)15-10-18-16(24-15)12-3-4-13-14(9-12)23-11-22-13/h3-4,9-10H,2,5-8,11H2,1H3. The van der Waals surface area contributed by atoms with Crippen molar-refractivity contribution in [3.8, 4) is 22.1 Å². The summed E-state index contributed by atoms with van der Waals surface area (Å²) in [6.07, 6.45) is 1.68. The van der Waals surface area contributed by atoms with Gasteiger partial charge in [0, 0.05) is 31.7 Å². The Hall–Kier alpha value is -2.12. The lowest BCUT2D eigenvalue weighted by molar-refractivity contribution is 0.0648. The smallest absolute Gasteiger partial charge is 0.265 e. The summed E-state index contributed by atoms with van der Waals surface area (Å²) < 4.78 is 10.7. The van der Waals surface area contributed by atoms with Gasteiger partial charge in [0.25, 0.3) is 5.91 Å². The Morgan fingerprint density at radius 1 is 1.21 bits per heavy atom. The third-order valence-electron chi connectivity index (χ3n) is 4.44. The van der Waals surface area contributed by atoms with Crippen molar-refractivity contribution >= 4 is 17.2 Å². The molecule has 0 radical (unpaired) electrons. The zero-order valence-corrected chi connectivity index (χ0v) is 14.3. The minimum Gasteiger partial charge on any atom is -0.454 e. The number of rotatable bonds is 3. The number of aromatic nitrogens is 1. The summed E-state index contributed by atoms with van der Waals surface area (Å²) in [5, 5.41) is 0.823. The second-order valence-electron chi connectivity index (χ2n) is 5.82. The number of hydrogen-bond donors (Lipinski definition) is 0. The van der Waals surface area contributed by atoms with Gasteiger partial charge >= 0.3 is 0 Å². The molecule has 24 heavy (non-hydrogen) atoms. The number of hydrogen-bond acceptors (Lipinski definition) is 6. The largest absolute Gasteiger partial charge is 0.454 e. The van der Waals surface area contributed by atoms with Gasteiger partial charge in [-0.05, 0) is 24.7 Å². The average Bonchev–Trinajstić information content (AvgIpc) is 3.29. The second-order valence-corrected chi connectivity index (χ2v) is 6.85. The molecule has 1 saturated heterocycles. The van der Waals surface area contributed by atoms with Crippen LogP contribution >= 0.6 is 11.3 Å². The van der Waals surface area contributed by atoms with Crippen LogP contribution in [0, 0.1) is 0 Å². The van der Waals surface area contributed by atoms with Crippen LogP contribution in [0.15, 0.2) is 24.4 Å². The fraction of sp³-hybridized carbons (Fsp3) is 0.412. The number of nitrogens with zero attached hydrogens (tertiary/aromatic N) is 3. The normalized spacial score (nSPS) is 17.3. The van der Waals surface area contributed by atoms with E-state index in [1.54, 1.807) is 6.20 Å². The molecule has 0 spiro atoms. The number of benzene rings is 1. The summed E-state index contributed by atoms with van der Waals surface area (Å²) in [6.45, 7) is 6.89. The van der Waals surface area contributed by atoms with Crippen molar-refractivity contribution in [1.29, 1.82) is 0 Å². The van der Waals surface area contributed by atoms with E-state index in [-0.39, 0.29) is 12.7 Å². The molecule has 0 aliphatic carbocycles. The highest BCUT2D eigenvalue weighted by atomic mass is 32.1. The molecule has 2 aliphatic rings. The van der Waals surface area contributed by atoms with E-state index in [9.17, 15) is 4.79 Å². The van der Waals surface area contributed by atoms with Crippen LogP contribution in [0.4, 0.5) is 0 Å². The van der Waals surface area contributed by atoms with E-state index in [1.807, 2.05) is 23.1 Å². The third-order valence-corrected chi connectivity index (χ3v) is 5.48. The quantitative estimate of drug-likeness (QED) is 0.854. The van der Waals surface area contributed by atoms with E-state index >= 15 is 0 Å². The van der Waals surface area contributed by atoms with E-state index in [1.165, 1.54) is 11.3 Å². The van der Waals surface area contributed by atoms with Crippen LogP contribution in [0.1, 0.15) is 16.6 Å². The minimum absolute atomic E-state index is 0.0789. The van der Waals surface area contributed by atoms with Gasteiger partial charge in [-0.1, -0.05) is 6.92 Å². The number of likely N-dealkylation sites (N-methyl/N-ethyl adjacent to an activating group) is 1. The molecule has 2 aromatic rings. The van der Waals surface area contributed by atoms with Crippen molar-refractivity contribution < 1.29 is 14.3 Å². The van der Waals surface area contributed by atoms with Gasteiger partial charge in [-0.2, -0.15) is 0 Å². The van der Waals surface area contributed by atoms with Crippen molar-refractivity contribution in [3.63, 3.8) is 0 Å². The van der Waals surface area contributed by atoms with Crippen molar-refractivity contribution in [2.24, 2.45) is 0 Å². The molecular formula is C17H19N3O3S. The molecular weight excluding hydrogens is 326 g/mol. The van der Waals surface area contributed by atoms with Gasteiger partial charge in [0.05, 0.1) is 6.20 Å². The van der Waals surface area contributed by atoms with Crippen LogP contribution in [-0.4, -0.2) is 60.2 Å². The summed E-state index contributed by atoms with van der Waals surface area (Å²) in [6, 6.07) is 5.74. The SMILES string of the molecule is CCN1CCN(C(=O)c2cnc(-c3ccc4c(c3)OCO4)s2)CC1. The molecule has 0 saturated carbocycles. The Bertz CT molecular complexity index is 753. The number of ether oxygens (including phenoxy) is 2. The number of piperazine rings is 1. The van der Waals surface area contributed by atoms with E-state index < -0.39 is 0 Å². The molecule has 1 aromatic heterocycles. The van der Waals surface area contributed by atoms with E-state index in [2.05, 4.69) is 16.8 Å². The Kier molecular flexibility index (Phi) is 4.12. The lowest BCUT2D eigenvalue weighted by Crippen LogP contribution is -2.48. The minimum atomic E-state index is 0.0789. The van der Waals surface area contributed by atoms with Crippen molar-refractivity contribution in [1.82, 2.24) is 14.8 Å². The maximum atomic E-state index is 12.7. The summed E-state index contributed by atoms with van der Waals surface area (Å²) in [7, 11) is 0. The monoisotopic (exact) mass is 345 g/mol. The molecule has 1 fully saturated rings. The van der Waals surface area contributed by atoms with Crippen LogP contribution in [0.2, 0.25) is 0 Å². The van der Waals surface area contributed by atoms with Gasteiger partial charge < -0.3 is 19.3 Å². The lowest BCUT2D eigenvalue weighted by Gasteiger charge is -2.33. The molecule has 126 valence electrons. The molecule has 0 bridgehead atoms. The fourth-order valence-electron chi connectivity index (χ4n) is 2.96. The molecule has 1 aromatic carbocycles. The fourth-order valence-corrected chi connectivity index (χ4v) is 3.84.